The lowest BCUT2D eigenvalue weighted by Gasteiger charge is -2.26. The lowest BCUT2D eigenvalue weighted by atomic mass is 9.88. The van der Waals surface area contributed by atoms with Crippen LogP contribution in [0.5, 0.6) is 0 Å². The summed E-state index contributed by atoms with van der Waals surface area (Å²) in [5.41, 5.74) is 4.02. The van der Waals surface area contributed by atoms with Crippen LogP contribution in [-0.2, 0) is 23.3 Å². The summed E-state index contributed by atoms with van der Waals surface area (Å²) in [5, 5.41) is 13.0. The van der Waals surface area contributed by atoms with Gasteiger partial charge in [0, 0.05) is 36.4 Å². The van der Waals surface area contributed by atoms with Gasteiger partial charge in [0.25, 0.3) is 5.56 Å². The number of nitrogens with zero attached hydrogens (tertiary/aromatic N) is 6. The number of hydrazone groups is 1. The minimum absolute atomic E-state index is 0.167. The van der Waals surface area contributed by atoms with Crippen LogP contribution >= 0.6 is 0 Å². The second kappa shape index (κ2) is 9.78. The van der Waals surface area contributed by atoms with Gasteiger partial charge in [0.1, 0.15) is 5.39 Å². The van der Waals surface area contributed by atoms with Crippen molar-refractivity contribution in [3.05, 3.63) is 70.7 Å². The molecule has 0 atom stereocenters. The zero-order valence-corrected chi connectivity index (χ0v) is 21.4. The lowest BCUT2D eigenvalue weighted by molar-refractivity contribution is -0.119. The van der Waals surface area contributed by atoms with Crippen LogP contribution in [0.2, 0.25) is 0 Å². The van der Waals surface area contributed by atoms with Gasteiger partial charge in [-0.1, -0.05) is 18.2 Å². The van der Waals surface area contributed by atoms with E-state index in [2.05, 4.69) is 45.5 Å². The van der Waals surface area contributed by atoms with Gasteiger partial charge in [-0.15, -0.1) is 6.58 Å². The summed E-state index contributed by atoms with van der Waals surface area (Å²) in [4.78, 5) is 34.1. The van der Waals surface area contributed by atoms with Crippen molar-refractivity contribution in [3.8, 4) is 0 Å². The standard InChI is InChI=1S/C27H32N8O2/c1-5-7-23(32-33(17-36)18(3)4)35-24-21(25(37)34(35)12-6-2)15-29-26(31-24)30-20-8-9-22-19(13-20)14-28-16-27(22)10-11-27/h5-9,13,15,17-18,28H,2,10-12,14,16H2,1,3-4H3,(H,29,30,31)/b7-5-,32-23+. The molecule has 1 aliphatic heterocycles. The molecule has 2 aromatic heterocycles. The summed E-state index contributed by atoms with van der Waals surface area (Å²) in [6.45, 7) is 11.5. The van der Waals surface area contributed by atoms with Gasteiger partial charge in [0.05, 0.1) is 6.54 Å². The second-order valence-corrected chi connectivity index (χ2v) is 9.84. The topological polar surface area (TPSA) is 109 Å². The SMILES string of the molecule is C=CCn1c(=O)c2cnc(Nc3ccc4c(c3)CNCC43CC3)nc2n1C(/C=C\C)=N/N(C=O)C(C)C. The number of hydrogen-bond acceptors (Lipinski definition) is 7. The average Bonchev–Trinajstić information content (AvgIpc) is 3.60. The molecular weight excluding hydrogens is 468 g/mol. The van der Waals surface area contributed by atoms with Crippen molar-refractivity contribution < 1.29 is 4.79 Å². The van der Waals surface area contributed by atoms with E-state index in [0.717, 1.165) is 18.8 Å². The minimum Gasteiger partial charge on any atom is -0.324 e. The predicted octanol–water partition coefficient (Wildman–Crippen LogP) is 3.26. The molecular formula is C27H32N8O2. The van der Waals surface area contributed by atoms with Crippen LogP contribution in [-0.4, -0.2) is 49.2 Å². The van der Waals surface area contributed by atoms with Crippen molar-refractivity contribution in [2.45, 2.75) is 58.2 Å². The maximum Gasteiger partial charge on any atom is 0.278 e. The Labute approximate surface area is 215 Å². The molecule has 37 heavy (non-hydrogen) atoms. The molecule has 5 rings (SSSR count). The molecule has 1 fully saturated rings. The van der Waals surface area contributed by atoms with Crippen LogP contribution in [0.3, 0.4) is 0 Å². The highest BCUT2D eigenvalue weighted by Gasteiger charge is 2.46. The number of anilines is 2. The van der Waals surface area contributed by atoms with Gasteiger partial charge < -0.3 is 10.6 Å². The Balaban J connectivity index is 1.59. The van der Waals surface area contributed by atoms with Gasteiger partial charge in [-0.2, -0.15) is 10.1 Å². The Morgan fingerprint density at radius 3 is 2.86 bits per heavy atom. The summed E-state index contributed by atoms with van der Waals surface area (Å²) in [7, 11) is 0. The fourth-order valence-electron chi connectivity index (χ4n) is 4.88. The molecule has 10 heteroatoms. The summed E-state index contributed by atoms with van der Waals surface area (Å²) < 4.78 is 3.09. The summed E-state index contributed by atoms with van der Waals surface area (Å²) in [5.74, 6) is 0.731. The van der Waals surface area contributed by atoms with Crippen molar-refractivity contribution >= 4 is 34.9 Å². The molecule has 1 amide bonds. The fourth-order valence-corrected chi connectivity index (χ4v) is 4.88. The van der Waals surface area contributed by atoms with E-state index >= 15 is 0 Å². The van der Waals surface area contributed by atoms with Crippen LogP contribution < -0.4 is 16.2 Å². The van der Waals surface area contributed by atoms with Gasteiger partial charge in [-0.25, -0.2) is 19.4 Å². The van der Waals surface area contributed by atoms with Crippen LogP contribution in [0.25, 0.3) is 11.0 Å². The summed E-state index contributed by atoms with van der Waals surface area (Å²) >= 11 is 0. The van der Waals surface area contributed by atoms with E-state index in [9.17, 15) is 9.59 Å². The van der Waals surface area contributed by atoms with Gasteiger partial charge in [0.15, 0.2) is 11.5 Å². The van der Waals surface area contributed by atoms with Crippen molar-refractivity contribution in [2.75, 3.05) is 11.9 Å². The smallest absolute Gasteiger partial charge is 0.278 e. The highest BCUT2D eigenvalue weighted by atomic mass is 16.1. The number of allylic oxidation sites excluding steroid dienone is 3. The highest BCUT2D eigenvalue weighted by Crippen LogP contribution is 2.50. The second-order valence-electron chi connectivity index (χ2n) is 9.84. The van der Waals surface area contributed by atoms with E-state index in [1.54, 1.807) is 22.9 Å². The number of aromatic nitrogens is 4. The molecule has 1 aliphatic carbocycles. The molecule has 3 aromatic rings. The summed E-state index contributed by atoms with van der Waals surface area (Å²) in [6, 6.07) is 6.24. The molecule has 1 spiro atoms. The Kier molecular flexibility index (Phi) is 6.51. The third-order valence-corrected chi connectivity index (χ3v) is 6.93. The maximum absolute atomic E-state index is 13.3. The Bertz CT molecular complexity index is 1480. The number of carbonyl (C=O) groups is 1. The zero-order chi connectivity index (χ0) is 26.2. The van der Waals surface area contributed by atoms with Crippen molar-refractivity contribution in [1.29, 1.82) is 0 Å². The Morgan fingerprint density at radius 2 is 2.19 bits per heavy atom. The lowest BCUT2D eigenvalue weighted by Crippen LogP contribution is -2.33. The Morgan fingerprint density at radius 1 is 1.38 bits per heavy atom. The molecule has 1 saturated carbocycles. The van der Waals surface area contributed by atoms with Gasteiger partial charge in [0.2, 0.25) is 12.4 Å². The molecule has 0 bridgehead atoms. The quantitative estimate of drug-likeness (QED) is 0.162. The molecule has 3 heterocycles. The normalized spacial score (nSPS) is 16.4. The first-order valence-corrected chi connectivity index (χ1v) is 12.6. The van der Waals surface area contributed by atoms with Gasteiger partial charge >= 0.3 is 0 Å². The number of hydrogen-bond donors (Lipinski definition) is 2. The average molecular weight is 501 g/mol. The summed E-state index contributed by atoms with van der Waals surface area (Å²) in [6.07, 6.45) is 9.80. The number of amides is 1. The van der Waals surface area contributed by atoms with Crippen LogP contribution in [0.4, 0.5) is 11.6 Å². The first kappa shape index (κ1) is 24.6. The van der Waals surface area contributed by atoms with E-state index in [0.29, 0.717) is 34.6 Å². The number of fused-ring (bicyclic) bond motifs is 3. The number of rotatable bonds is 8. The largest absolute Gasteiger partial charge is 0.324 e. The van der Waals surface area contributed by atoms with Crippen LogP contribution in [0.1, 0.15) is 44.7 Å². The first-order chi connectivity index (χ1) is 17.9. The van der Waals surface area contributed by atoms with Crippen molar-refractivity contribution in [1.82, 2.24) is 29.7 Å². The van der Waals surface area contributed by atoms with Crippen LogP contribution in [0.15, 0.2) is 59.1 Å². The zero-order valence-electron chi connectivity index (χ0n) is 21.4. The first-order valence-electron chi connectivity index (χ1n) is 12.6. The molecule has 10 nitrogen and oxygen atoms in total. The van der Waals surface area contributed by atoms with Crippen LogP contribution in [0, 0.1) is 0 Å². The number of benzene rings is 1. The van der Waals surface area contributed by atoms with E-state index < -0.39 is 0 Å². The number of carbonyl (C=O) groups excluding carboxylic acids is 1. The van der Waals surface area contributed by atoms with E-state index in [4.69, 9.17) is 4.98 Å². The third-order valence-electron chi connectivity index (χ3n) is 6.93. The molecule has 0 radical (unpaired) electrons. The molecule has 1 aromatic carbocycles. The van der Waals surface area contributed by atoms with Gasteiger partial charge in [-0.05, 0) is 62.9 Å². The van der Waals surface area contributed by atoms with E-state index in [1.807, 2.05) is 20.8 Å². The maximum atomic E-state index is 13.3. The van der Waals surface area contributed by atoms with Gasteiger partial charge in [-0.3, -0.25) is 9.59 Å². The predicted molar refractivity (Wildman–Crippen MR) is 145 cm³/mol. The molecule has 2 aliphatic rings. The van der Waals surface area contributed by atoms with E-state index in [-0.39, 0.29) is 18.1 Å². The monoisotopic (exact) mass is 500 g/mol. The van der Waals surface area contributed by atoms with E-state index in [1.165, 1.54) is 39.9 Å². The molecule has 2 N–H and O–H groups in total. The Hall–Kier alpha value is -4.05. The molecule has 0 saturated heterocycles. The number of nitrogens with one attached hydrogen (secondary N) is 2. The van der Waals surface area contributed by atoms with Crippen molar-refractivity contribution in [3.63, 3.8) is 0 Å². The fraction of sp³-hybridized carbons (Fsp3) is 0.370. The highest BCUT2D eigenvalue weighted by molar-refractivity contribution is 5.99. The third kappa shape index (κ3) is 4.48. The minimum atomic E-state index is -0.268. The molecule has 192 valence electrons. The molecule has 0 unspecified atom stereocenters. The van der Waals surface area contributed by atoms with Crippen molar-refractivity contribution in [2.24, 2.45) is 5.10 Å².